The summed E-state index contributed by atoms with van der Waals surface area (Å²) in [5.41, 5.74) is 0. The van der Waals surface area contributed by atoms with E-state index in [1.807, 2.05) is 0 Å². The predicted molar refractivity (Wildman–Crippen MR) is 65.5 cm³/mol. The molecule has 0 aliphatic carbocycles. The Labute approximate surface area is 110 Å². The summed E-state index contributed by atoms with van der Waals surface area (Å²) in [7, 11) is 0. The smallest absolute Gasteiger partial charge is 0.375 e. The van der Waals surface area contributed by atoms with Gasteiger partial charge in [-0.2, -0.15) is 0 Å². The fraction of sp³-hybridized carbons (Fsp3) is 0.667. The van der Waals surface area contributed by atoms with Crippen LogP contribution >= 0.6 is 11.8 Å². The number of carbonyl (C=O) groups is 2. The van der Waals surface area contributed by atoms with Gasteiger partial charge in [0.2, 0.25) is 5.76 Å². The molecule has 2 heterocycles. The van der Waals surface area contributed by atoms with Gasteiger partial charge in [0.05, 0.1) is 11.5 Å². The Kier molecular flexibility index (Phi) is 4.29. The number of esters is 1. The van der Waals surface area contributed by atoms with Crippen molar-refractivity contribution in [1.82, 2.24) is 0 Å². The van der Waals surface area contributed by atoms with Gasteiger partial charge in [0.15, 0.2) is 11.4 Å². The first-order chi connectivity index (χ1) is 8.58. The summed E-state index contributed by atoms with van der Waals surface area (Å²) in [5, 5.41) is -0.0965. The zero-order valence-corrected chi connectivity index (χ0v) is 11.2. The van der Waals surface area contributed by atoms with E-state index in [1.165, 1.54) is 6.92 Å². The normalized spacial score (nSPS) is 28.2. The largest absolute Gasteiger partial charge is 0.456 e. The quantitative estimate of drug-likeness (QED) is 0.732. The van der Waals surface area contributed by atoms with E-state index in [0.717, 1.165) is 31.0 Å². The molecule has 2 rings (SSSR count). The van der Waals surface area contributed by atoms with Gasteiger partial charge in [0.1, 0.15) is 6.10 Å². The molecule has 0 aromatic heterocycles. The molecule has 0 aromatic rings. The minimum Gasteiger partial charge on any atom is -0.456 e. The molecule has 2 atom stereocenters. The molecule has 2 aliphatic heterocycles. The van der Waals surface area contributed by atoms with Gasteiger partial charge >= 0.3 is 5.97 Å². The van der Waals surface area contributed by atoms with Crippen LogP contribution < -0.4 is 0 Å². The van der Waals surface area contributed by atoms with Gasteiger partial charge < -0.3 is 14.2 Å². The van der Waals surface area contributed by atoms with Gasteiger partial charge in [-0.05, 0) is 31.5 Å². The van der Waals surface area contributed by atoms with Gasteiger partial charge in [-0.3, -0.25) is 4.79 Å². The third-order valence-electron chi connectivity index (χ3n) is 2.70. The molecule has 0 radical (unpaired) electrons. The zero-order valence-electron chi connectivity index (χ0n) is 10.4. The summed E-state index contributed by atoms with van der Waals surface area (Å²) in [5.74, 6) is -0.380. The molecular formula is C12H16O5S. The van der Waals surface area contributed by atoms with E-state index in [2.05, 4.69) is 0 Å². The van der Waals surface area contributed by atoms with E-state index >= 15 is 0 Å². The van der Waals surface area contributed by atoms with Crippen LogP contribution in [0.5, 0.6) is 0 Å². The Morgan fingerprint density at radius 3 is 2.83 bits per heavy atom. The maximum atomic E-state index is 11.7. The lowest BCUT2D eigenvalue weighted by atomic mass is 10.2. The van der Waals surface area contributed by atoms with Crippen LogP contribution in [0.3, 0.4) is 0 Å². The van der Waals surface area contributed by atoms with E-state index in [-0.39, 0.29) is 10.9 Å². The standard InChI is InChI=1S/C12H16O5S/c1-7-11(18-8(2)13)10(12(14)16-7)17-9-5-3-4-6-15-9/h7,9H,3-6H2,1-2H3. The number of carbonyl (C=O) groups excluding carboxylic acids is 2. The molecule has 2 unspecified atom stereocenters. The lowest BCUT2D eigenvalue weighted by Gasteiger charge is -2.23. The maximum Gasteiger partial charge on any atom is 0.375 e. The van der Waals surface area contributed by atoms with Crippen LogP contribution in [0.25, 0.3) is 0 Å². The number of hydrogen-bond acceptors (Lipinski definition) is 6. The number of hydrogen-bond donors (Lipinski definition) is 0. The second-order valence-electron chi connectivity index (χ2n) is 4.25. The van der Waals surface area contributed by atoms with Crippen LogP contribution in [0.2, 0.25) is 0 Å². The van der Waals surface area contributed by atoms with Crippen LogP contribution in [0.15, 0.2) is 10.7 Å². The number of rotatable bonds is 3. The minimum atomic E-state index is -0.513. The first-order valence-corrected chi connectivity index (χ1v) is 6.81. The first kappa shape index (κ1) is 13.4. The molecular weight excluding hydrogens is 256 g/mol. The summed E-state index contributed by atoms with van der Waals surface area (Å²) in [6.45, 7) is 3.81. The van der Waals surface area contributed by atoms with Crippen LogP contribution in [0.4, 0.5) is 0 Å². The second kappa shape index (κ2) is 5.75. The average Bonchev–Trinajstić information content (AvgIpc) is 2.57. The van der Waals surface area contributed by atoms with E-state index in [4.69, 9.17) is 14.2 Å². The minimum absolute atomic E-state index is 0.0965. The SMILES string of the molecule is CC(=O)SC1=C(OC2CCCCO2)C(=O)OC1C. The Hall–Kier alpha value is -1.01. The summed E-state index contributed by atoms with van der Waals surface area (Å²) >= 11 is 0.985. The second-order valence-corrected chi connectivity index (χ2v) is 5.47. The van der Waals surface area contributed by atoms with Crippen molar-refractivity contribution in [3.63, 3.8) is 0 Å². The number of cyclic esters (lactones) is 1. The summed E-state index contributed by atoms with van der Waals surface area (Å²) in [6.07, 6.45) is 1.94. The monoisotopic (exact) mass is 272 g/mol. The summed E-state index contributed by atoms with van der Waals surface area (Å²) in [6, 6.07) is 0. The molecule has 0 aromatic carbocycles. The van der Waals surface area contributed by atoms with Crippen molar-refractivity contribution < 1.29 is 23.8 Å². The van der Waals surface area contributed by atoms with Gasteiger partial charge in [0.25, 0.3) is 0 Å². The molecule has 1 saturated heterocycles. The molecule has 0 saturated carbocycles. The van der Waals surface area contributed by atoms with E-state index in [9.17, 15) is 9.59 Å². The molecule has 5 nitrogen and oxygen atoms in total. The Morgan fingerprint density at radius 1 is 1.44 bits per heavy atom. The molecule has 0 spiro atoms. The molecule has 1 fully saturated rings. The van der Waals surface area contributed by atoms with Gasteiger partial charge in [0, 0.05) is 13.3 Å². The maximum absolute atomic E-state index is 11.7. The highest BCUT2D eigenvalue weighted by Crippen LogP contribution is 2.34. The van der Waals surface area contributed by atoms with E-state index in [1.54, 1.807) is 6.92 Å². The topological polar surface area (TPSA) is 61.8 Å². The molecule has 100 valence electrons. The Balaban J connectivity index is 2.11. The van der Waals surface area contributed by atoms with Crippen molar-refractivity contribution in [1.29, 1.82) is 0 Å². The van der Waals surface area contributed by atoms with Crippen LogP contribution in [-0.4, -0.2) is 30.1 Å². The highest BCUT2D eigenvalue weighted by atomic mass is 32.2. The highest BCUT2D eigenvalue weighted by Gasteiger charge is 2.36. The first-order valence-electron chi connectivity index (χ1n) is 5.99. The number of thioether (sulfide) groups is 1. The lowest BCUT2D eigenvalue weighted by molar-refractivity contribution is -0.160. The van der Waals surface area contributed by atoms with Crippen molar-refractivity contribution in [2.24, 2.45) is 0 Å². The average molecular weight is 272 g/mol. The highest BCUT2D eigenvalue weighted by molar-refractivity contribution is 8.17. The molecule has 6 heteroatoms. The Bertz CT molecular complexity index is 384. The van der Waals surface area contributed by atoms with E-state index < -0.39 is 18.4 Å². The van der Waals surface area contributed by atoms with Crippen molar-refractivity contribution in [2.75, 3.05) is 6.61 Å². The number of ether oxygens (including phenoxy) is 3. The van der Waals surface area contributed by atoms with Gasteiger partial charge in [-0.25, -0.2) is 4.79 Å². The lowest BCUT2D eigenvalue weighted by Crippen LogP contribution is -2.23. The van der Waals surface area contributed by atoms with Crippen LogP contribution in [-0.2, 0) is 23.8 Å². The predicted octanol–water partition coefficient (Wildman–Crippen LogP) is 1.97. The molecule has 0 bridgehead atoms. The summed E-state index contributed by atoms with van der Waals surface area (Å²) < 4.78 is 16.0. The van der Waals surface area contributed by atoms with Crippen molar-refractivity contribution in [3.8, 4) is 0 Å². The van der Waals surface area contributed by atoms with Crippen LogP contribution in [0, 0.1) is 0 Å². The molecule has 0 amide bonds. The molecule has 0 N–H and O–H groups in total. The zero-order chi connectivity index (χ0) is 13.1. The van der Waals surface area contributed by atoms with Gasteiger partial charge in [-0.1, -0.05) is 0 Å². The molecule has 2 aliphatic rings. The van der Waals surface area contributed by atoms with Crippen molar-refractivity contribution in [2.45, 2.75) is 45.5 Å². The van der Waals surface area contributed by atoms with Gasteiger partial charge in [-0.15, -0.1) is 0 Å². The molecule has 18 heavy (non-hydrogen) atoms. The summed E-state index contributed by atoms with van der Waals surface area (Å²) in [4.78, 5) is 23.4. The van der Waals surface area contributed by atoms with Crippen LogP contribution in [0.1, 0.15) is 33.1 Å². The third-order valence-corrected chi connectivity index (χ3v) is 3.73. The van der Waals surface area contributed by atoms with Crippen molar-refractivity contribution in [3.05, 3.63) is 10.7 Å². The fourth-order valence-electron chi connectivity index (χ4n) is 1.88. The van der Waals surface area contributed by atoms with E-state index in [0.29, 0.717) is 11.5 Å². The fourth-order valence-corrected chi connectivity index (χ4v) is 2.63. The third kappa shape index (κ3) is 3.05. The Morgan fingerprint density at radius 2 is 2.22 bits per heavy atom. The van der Waals surface area contributed by atoms with Crippen molar-refractivity contribution >= 4 is 22.8 Å².